The van der Waals surface area contributed by atoms with E-state index in [-0.39, 0.29) is 8.13 Å². The Hall–Kier alpha value is -1.21. The van der Waals surface area contributed by atoms with Crippen LogP contribution in [0.15, 0.2) is 39.6 Å². The summed E-state index contributed by atoms with van der Waals surface area (Å²) in [4.78, 5) is 38.4. The van der Waals surface area contributed by atoms with Crippen LogP contribution in [0.1, 0.15) is 25.7 Å². The lowest BCUT2D eigenvalue weighted by Gasteiger charge is -2.27. The molecule has 0 spiro atoms. The first-order valence-electron chi connectivity index (χ1n) is 8.52. The van der Waals surface area contributed by atoms with Crippen LogP contribution >= 0.6 is 43.6 Å². The molecule has 3 N–H and O–H groups in total. The van der Waals surface area contributed by atoms with Crippen molar-refractivity contribution in [1.82, 2.24) is 4.90 Å². The van der Waals surface area contributed by atoms with Crippen molar-refractivity contribution in [2.75, 3.05) is 11.9 Å². The molecular formula is C17H17Br2N3O5S2. The maximum atomic E-state index is 12.7. The largest absolute Gasteiger partial charge is 0.325 e. The van der Waals surface area contributed by atoms with Crippen molar-refractivity contribution in [2.24, 2.45) is 5.14 Å². The number of allylic oxidation sites excluding steroid dienone is 1. The number of benzene rings is 1. The number of anilines is 1. The minimum Gasteiger partial charge on any atom is -0.325 e. The molecule has 12 heteroatoms. The fourth-order valence-electron chi connectivity index (χ4n) is 2.97. The number of hydrogen-bond acceptors (Lipinski definition) is 6. The van der Waals surface area contributed by atoms with Gasteiger partial charge in [0.25, 0.3) is 11.1 Å². The molecule has 2 fully saturated rings. The Morgan fingerprint density at radius 2 is 1.76 bits per heavy atom. The summed E-state index contributed by atoms with van der Waals surface area (Å²) in [6, 6.07) is 5.27. The van der Waals surface area contributed by atoms with E-state index < -0.39 is 33.6 Å². The Morgan fingerprint density at radius 3 is 2.31 bits per heavy atom. The van der Waals surface area contributed by atoms with Gasteiger partial charge in [-0.05, 0) is 61.7 Å². The van der Waals surface area contributed by atoms with E-state index in [1.807, 2.05) is 0 Å². The standard InChI is InChI=1S/C17H17Br2N3O5S2/c18-17(19)7-5-10(6-8-17)14-15(24)22(16(25)28-14)9-13(23)21-11-1-3-12(4-2-11)29(20,26)27/h1-4H,5-9H2,(H,21,23)(H2,20,26,27). The van der Waals surface area contributed by atoms with E-state index in [1.165, 1.54) is 24.3 Å². The molecule has 1 saturated heterocycles. The van der Waals surface area contributed by atoms with E-state index in [0.29, 0.717) is 23.4 Å². The highest BCUT2D eigenvalue weighted by Crippen LogP contribution is 2.46. The summed E-state index contributed by atoms with van der Waals surface area (Å²) in [5, 5.41) is 7.08. The molecule has 1 aromatic carbocycles. The Bertz CT molecular complexity index is 994. The van der Waals surface area contributed by atoms with Gasteiger partial charge in [0, 0.05) is 5.69 Å². The van der Waals surface area contributed by atoms with Crippen molar-refractivity contribution >= 4 is 76.4 Å². The van der Waals surface area contributed by atoms with Crippen molar-refractivity contribution in [1.29, 1.82) is 0 Å². The van der Waals surface area contributed by atoms with Crippen LogP contribution in [0.2, 0.25) is 0 Å². The highest BCUT2D eigenvalue weighted by molar-refractivity contribution is 9.25. The van der Waals surface area contributed by atoms with Crippen LogP contribution in [0.5, 0.6) is 0 Å². The number of thioether (sulfide) groups is 1. The number of halogens is 2. The Balaban J connectivity index is 1.65. The molecule has 0 bridgehead atoms. The van der Waals surface area contributed by atoms with Crippen LogP contribution in [0.3, 0.4) is 0 Å². The first-order chi connectivity index (χ1) is 13.5. The van der Waals surface area contributed by atoms with Gasteiger partial charge < -0.3 is 5.32 Å². The molecule has 0 atom stereocenters. The Kier molecular flexibility index (Phi) is 6.59. The van der Waals surface area contributed by atoms with Crippen LogP contribution in [-0.2, 0) is 19.6 Å². The lowest BCUT2D eigenvalue weighted by Crippen LogP contribution is -2.36. The molecule has 3 amide bonds. The zero-order valence-corrected chi connectivity index (χ0v) is 19.8. The number of alkyl halides is 2. The molecule has 0 unspecified atom stereocenters. The Morgan fingerprint density at radius 1 is 1.17 bits per heavy atom. The third-order valence-corrected chi connectivity index (χ3v) is 8.10. The zero-order valence-electron chi connectivity index (χ0n) is 15.0. The third-order valence-electron chi connectivity index (χ3n) is 4.52. The number of primary sulfonamides is 1. The molecule has 156 valence electrons. The number of nitrogens with two attached hydrogens (primary N) is 1. The number of amides is 3. The second-order valence-corrected chi connectivity index (χ2v) is 13.3. The minimum atomic E-state index is -3.83. The van der Waals surface area contributed by atoms with Gasteiger partial charge in [0.15, 0.2) is 0 Å². The molecule has 1 heterocycles. The van der Waals surface area contributed by atoms with Crippen molar-refractivity contribution in [3.8, 4) is 0 Å². The summed E-state index contributed by atoms with van der Waals surface area (Å²) < 4.78 is 22.4. The summed E-state index contributed by atoms with van der Waals surface area (Å²) in [6.07, 6.45) is 2.97. The summed E-state index contributed by atoms with van der Waals surface area (Å²) in [7, 11) is -3.83. The molecule has 1 aromatic rings. The molecule has 0 aromatic heterocycles. The molecule has 1 aliphatic heterocycles. The number of carbonyl (C=O) groups excluding carboxylic acids is 3. The fraction of sp³-hybridized carbons (Fsp3) is 0.353. The minimum absolute atomic E-state index is 0.0866. The maximum Gasteiger partial charge on any atom is 0.294 e. The van der Waals surface area contributed by atoms with Crippen LogP contribution in [0.4, 0.5) is 10.5 Å². The number of carbonyl (C=O) groups is 3. The molecule has 1 saturated carbocycles. The van der Waals surface area contributed by atoms with Gasteiger partial charge in [0.05, 0.1) is 13.0 Å². The van der Waals surface area contributed by atoms with Gasteiger partial charge in [0.1, 0.15) is 6.54 Å². The van der Waals surface area contributed by atoms with Crippen LogP contribution < -0.4 is 10.5 Å². The monoisotopic (exact) mass is 565 g/mol. The topological polar surface area (TPSA) is 127 Å². The predicted molar refractivity (Wildman–Crippen MR) is 117 cm³/mol. The molecule has 2 aliphatic rings. The number of nitrogens with one attached hydrogen (secondary N) is 1. The van der Waals surface area contributed by atoms with Crippen molar-refractivity contribution < 1.29 is 22.8 Å². The molecule has 3 rings (SSSR count). The van der Waals surface area contributed by atoms with Crippen LogP contribution in [0.25, 0.3) is 0 Å². The normalized spacial score (nSPS) is 19.6. The van der Waals surface area contributed by atoms with Gasteiger partial charge in [0.2, 0.25) is 15.9 Å². The summed E-state index contributed by atoms with van der Waals surface area (Å²) in [5.74, 6) is -1.02. The average molecular weight is 567 g/mol. The highest BCUT2D eigenvalue weighted by Gasteiger charge is 2.39. The van der Waals surface area contributed by atoms with Gasteiger partial charge in [-0.2, -0.15) is 0 Å². The molecule has 1 aliphatic carbocycles. The maximum absolute atomic E-state index is 12.7. The quantitative estimate of drug-likeness (QED) is 0.425. The van der Waals surface area contributed by atoms with Crippen molar-refractivity contribution in [3.05, 3.63) is 34.7 Å². The summed E-state index contributed by atoms with van der Waals surface area (Å²) >= 11 is 8.02. The summed E-state index contributed by atoms with van der Waals surface area (Å²) in [6.45, 7) is -0.417. The predicted octanol–water partition coefficient (Wildman–Crippen LogP) is 3.28. The van der Waals surface area contributed by atoms with Crippen molar-refractivity contribution in [2.45, 2.75) is 33.8 Å². The average Bonchev–Trinajstić information content (AvgIpc) is 2.89. The molecule has 29 heavy (non-hydrogen) atoms. The van der Waals surface area contributed by atoms with Gasteiger partial charge >= 0.3 is 0 Å². The highest BCUT2D eigenvalue weighted by atomic mass is 79.9. The first-order valence-corrected chi connectivity index (χ1v) is 12.5. The lowest BCUT2D eigenvalue weighted by molar-refractivity contribution is -0.127. The van der Waals surface area contributed by atoms with Crippen LogP contribution in [0, 0.1) is 0 Å². The fourth-order valence-corrected chi connectivity index (χ4v) is 5.25. The molecular weight excluding hydrogens is 550 g/mol. The number of sulfonamides is 1. The first kappa shape index (κ1) is 22.5. The van der Waals surface area contributed by atoms with Crippen molar-refractivity contribution in [3.63, 3.8) is 0 Å². The third kappa shape index (κ3) is 5.48. The van der Waals surface area contributed by atoms with Gasteiger partial charge in [-0.3, -0.25) is 19.3 Å². The zero-order chi connectivity index (χ0) is 21.4. The molecule has 0 radical (unpaired) electrons. The second-order valence-electron chi connectivity index (χ2n) is 6.67. The van der Waals surface area contributed by atoms with Crippen LogP contribution in [-0.4, -0.2) is 40.1 Å². The second kappa shape index (κ2) is 8.50. The van der Waals surface area contributed by atoms with E-state index in [9.17, 15) is 22.8 Å². The number of nitrogens with zero attached hydrogens (tertiary/aromatic N) is 1. The SMILES string of the molecule is NS(=O)(=O)c1ccc(NC(=O)CN2C(=O)SC(=C3CCC(Br)(Br)CC3)C2=O)cc1. The van der Waals surface area contributed by atoms with Gasteiger partial charge in [-0.1, -0.05) is 37.4 Å². The number of hydrogen-bond donors (Lipinski definition) is 2. The summed E-state index contributed by atoms with van der Waals surface area (Å²) in [5.41, 5.74) is 1.26. The Labute approximate surface area is 188 Å². The molecule has 8 nitrogen and oxygen atoms in total. The van der Waals surface area contributed by atoms with Gasteiger partial charge in [-0.25, -0.2) is 13.6 Å². The van der Waals surface area contributed by atoms with Gasteiger partial charge in [-0.15, -0.1) is 0 Å². The van der Waals surface area contributed by atoms with E-state index in [2.05, 4.69) is 37.2 Å². The van der Waals surface area contributed by atoms with E-state index >= 15 is 0 Å². The number of rotatable bonds is 4. The van der Waals surface area contributed by atoms with E-state index in [1.54, 1.807) is 0 Å². The lowest BCUT2D eigenvalue weighted by atomic mass is 9.94. The smallest absolute Gasteiger partial charge is 0.294 e. The van der Waals surface area contributed by atoms with E-state index in [4.69, 9.17) is 5.14 Å². The number of imide groups is 1. The van der Waals surface area contributed by atoms with E-state index in [0.717, 1.165) is 35.1 Å².